The first kappa shape index (κ1) is 13.9. The molecule has 1 fully saturated rings. The fourth-order valence-electron chi connectivity index (χ4n) is 4.89. The fraction of sp³-hybridized carbons (Fsp3) is 0.778. The topological polar surface area (TPSA) is 0 Å². The van der Waals surface area contributed by atoms with E-state index in [0.29, 0.717) is 16.7 Å². The van der Waals surface area contributed by atoms with Crippen molar-refractivity contribution in [2.24, 2.45) is 16.7 Å². The van der Waals surface area contributed by atoms with Gasteiger partial charge in [0.25, 0.3) is 0 Å². The first-order valence-electron chi connectivity index (χ1n) is 7.80. The number of hydrogen-bond acceptors (Lipinski definition) is 0. The maximum absolute atomic E-state index is 4.29. The number of hydrogen-bond donors (Lipinski definition) is 0. The molecule has 2 aliphatic carbocycles. The Kier molecular flexibility index (Phi) is 3.76. The molecule has 0 heterocycles. The number of rotatable bonds is 3. The Hall–Kier alpha value is -0.520. The normalized spacial score (nSPS) is 40.0. The van der Waals surface area contributed by atoms with Crippen molar-refractivity contribution >= 4 is 0 Å². The number of allylic oxidation sites excluding steroid dienone is 3. The summed E-state index contributed by atoms with van der Waals surface area (Å²) >= 11 is 0. The summed E-state index contributed by atoms with van der Waals surface area (Å²) < 4.78 is 0. The molecule has 0 nitrogen and oxygen atoms in total. The van der Waals surface area contributed by atoms with Gasteiger partial charge in [-0.2, -0.15) is 0 Å². The summed E-state index contributed by atoms with van der Waals surface area (Å²) in [5.74, 6) is 0.704. The monoisotopic (exact) mass is 246 g/mol. The van der Waals surface area contributed by atoms with Crippen molar-refractivity contribution in [1.82, 2.24) is 0 Å². The zero-order valence-electron chi connectivity index (χ0n) is 12.8. The van der Waals surface area contributed by atoms with Gasteiger partial charge in [0.15, 0.2) is 0 Å². The van der Waals surface area contributed by atoms with E-state index < -0.39 is 0 Å². The molecule has 1 saturated carbocycles. The SMILES string of the molecule is C=C(C)C1CC[C@@]2(C)CCCC=C2[C@@]1(C)CCC. The van der Waals surface area contributed by atoms with Gasteiger partial charge in [0.2, 0.25) is 0 Å². The molecule has 0 aromatic carbocycles. The summed E-state index contributed by atoms with van der Waals surface area (Å²) in [5.41, 5.74) is 4.06. The van der Waals surface area contributed by atoms with Gasteiger partial charge in [0.05, 0.1) is 0 Å². The van der Waals surface area contributed by atoms with Gasteiger partial charge < -0.3 is 0 Å². The highest BCUT2D eigenvalue weighted by atomic mass is 14.5. The molecule has 0 bridgehead atoms. The van der Waals surface area contributed by atoms with Crippen LogP contribution in [-0.4, -0.2) is 0 Å². The van der Waals surface area contributed by atoms with Crippen LogP contribution in [0.1, 0.15) is 72.6 Å². The van der Waals surface area contributed by atoms with E-state index in [2.05, 4.69) is 40.3 Å². The predicted molar refractivity (Wildman–Crippen MR) is 80.6 cm³/mol. The zero-order chi connectivity index (χ0) is 13.4. The van der Waals surface area contributed by atoms with Gasteiger partial charge in [0, 0.05) is 0 Å². The minimum atomic E-state index is 0.383. The first-order chi connectivity index (χ1) is 8.44. The van der Waals surface area contributed by atoms with Crippen molar-refractivity contribution in [3.05, 3.63) is 23.8 Å². The average Bonchev–Trinajstić information content (AvgIpc) is 2.28. The van der Waals surface area contributed by atoms with E-state index in [1.54, 1.807) is 5.57 Å². The summed E-state index contributed by atoms with van der Waals surface area (Å²) in [6, 6.07) is 0. The molecular formula is C18H30. The van der Waals surface area contributed by atoms with E-state index in [4.69, 9.17) is 0 Å². The van der Waals surface area contributed by atoms with E-state index >= 15 is 0 Å². The van der Waals surface area contributed by atoms with Crippen LogP contribution in [0.15, 0.2) is 23.8 Å². The van der Waals surface area contributed by atoms with Crippen molar-refractivity contribution in [1.29, 1.82) is 0 Å². The van der Waals surface area contributed by atoms with Crippen LogP contribution >= 0.6 is 0 Å². The molecule has 0 heteroatoms. The molecule has 3 atom stereocenters. The summed E-state index contributed by atoms with van der Waals surface area (Å²) in [4.78, 5) is 0. The van der Waals surface area contributed by atoms with Crippen LogP contribution in [0.3, 0.4) is 0 Å². The van der Waals surface area contributed by atoms with Gasteiger partial charge in [-0.25, -0.2) is 0 Å². The second-order valence-electron chi connectivity index (χ2n) is 7.18. The smallest absolute Gasteiger partial charge is 0.00459 e. The highest BCUT2D eigenvalue weighted by Gasteiger charge is 2.49. The van der Waals surface area contributed by atoms with Gasteiger partial charge in [-0.15, -0.1) is 0 Å². The lowest BCUT2D eigenvalue weighted by Crippen LogP contribution is -2.43. The zero-order valence-corrected chi connectivity index (χ0v) is 12.8. The van der Waals surface area contributed by atoms with Crippen LogP contribution in [-0.2, 0) is 0 Å². The molecule has 0 saturated heterocycles. The third-order valence-corrected chi connectivity index (χ3v) is 5.66. The Morgan fingerprint density at radius 2 is 2.11 bits per heavy atom. The molecule has 0 aromatic rings. The van der Waals surface area contributed by atoms with Crippen molar-refractivity contribution in [2.75, 3.05) is 0 Å². The number of fused-ring (bicyclic) bond motifs is 1. The van der Waals surface area contributed by atoms with E-state index in [-0.39, 0.29) is 0 Å². The van der Waals surface area contributed by atoms with Gasteiger partial charge >= 0.3 is 0 Å². The minimum absolute atomic E-state index is 0.383. The van der Waals surface area contributed by atoms with Gasteiger partial charge in [-0.3, -0.25) is 0 Å². The Bertz CT molecular complexity index is 362. The Balaban J connectivity index is 2.43. The molecule has 0 spiro atoms. The lowest BCUT2D eigenvalue weighted by molar-refractivity contribution is 0.103. The van der Waals surface area contributed by atoms with Crippen LogP contribution < -0.4 is 0 Å². The van der Waals surface area contributed by atoms with Crippen LogP contribution in [0.4, 0.5) is 0 Å². The van der Waals surface area contributed by atoms with Crippen LogP contribution in [0.2, 0.25) is 0 Å². The van der Waals surface area contributed by atoms with E-state index in [1.165, 1.54) is 50.5 Å². The molecule has 0 amide bonds. The molecule has 18 heavy (non-hydrogen) atoms. The standard InChI is InChI=1S/C18H30/c1-6-11-18(5)15(14(2)3)10-13-17(4)12-8-7-9-16(17)18/h9,15H,2,6-8,10-13H2,1,3-5H3/t15?,17-,18+/m1/s1. The molecule has 102 valence electrons. The van der Waals surface area contributed by atoms with Gasteiger partial charge in [0.1, 0.15) is 0 Å². The molecule has 2 aliphatic rings. The molecule has 1 unspecified atom stereocenters. The third-order valence-electron chi connectivity index (χ3n) is 5.66. The predicted octanol–water partition coefficient (Wildman–Crippen LogP) is 5.90. The van der Waals surface area contributed by atoms with E-state index in [1.807, 2.05) is 0 Å². The minimum Gasteiger partial charge on any atom is -0.0998 e. The quantitative estimate of drug-likeness (QED) is 0.544. The molecule has 2 rings (SSSR count). The van der Waals surface area contributed by atoms with E-state index in [9.17, 15) is 0 Å². The third kappa shape index (κ3) is 2.08. The summed E-state index contributed by atoms with van der Waals surface area (Å²) in [5, 5.41) is 0. The van der Waals surface area contributed by atoms with Crippen LogP contribution in [0.5, 0.6) is 0 Å². The fourth-order valence-corrected chi connectivity index (χ4v) is 4.89. The van der Waals surface area contributed by atoms with Gasteiger partial charge in [-0.1, -0.05) is 51.0 Å². The molecule has 0 radical (unpaired) electrons. The Labute approximate surface area is 114 Å². The largest absolute Gasteiger partial charge is 0.0998 e. The highest BCUT2D eigenvalue weighted by Crippen LogP contribution is 2.60. The average molecular weight is 246 g/mol. The second kappa shape index (κ2) is 4.87. The van der Waals surface area contributed by atoms with Crippen LogP contribution in [0, 0.1) is 16.7 Å². The van der Waals surface area contributed by atoms with Gasteiger partial charge in [-0.05, 0) is 62.2 Å². The Morgan fingerprint density at radius 1 is 1.39 bits per heavy atom. The lowest BCUT2D eigenvalue weighted by atomic mass is 9.50. The molecule has 0 aromatic heterocycles. The second-order valence-corrected chi connectivity index (χ2v) is 7.18. The summed E-state index contributed by atoms with van der Waals surface area (Å²) in [6.07, 6.45) is 12.0. The Morgan fingerprint density at radius 3 is 2.72 bits per heavy atom. The highest BCUT2D eigenvalue weighted by molar-refractivity contribution is 5.31. The molecule has 0 N–H and O–H groups in total. The maximum atomic E-state index is 4.29. The summed E-state index contributed by atoms with van der Waals surface area (Å²) in [6.45, 7) is 13.9. The molecule has 0 aliphatic heterocycles. The van der Waals surface area contributed by atoms with Crippen molar-refractivity contribution in [3.63, 3.8) is 0 Å². The first-order valence-corrected chi connectivity index (χ1v) is 7.80. The van der Waals surface area contributed by atoms with E-state index in [0.717, 1.165) is 0 Å². The van der Waals surface area contributed by atoms with Crippen molar-refractivity contribution < 1.29 is 0 Å². The van der Waals surface area contributed by atoms with Crippen molar-refractivity contribution in [3.8, 4) is 0 Å². The molecular weight excluding hydrogens is 216 g/mol. The summed E-state index contributed by atoms with van der Waals surface area (Å²) in [7, 11) is 0. The lowest BCUT2D eigenvalue weighted by Gasteiger charge is -2.54. The van der Waals surface area contributed by atoms with Crippen molar-refractivity contribution in [2.45, 2.75) is 72.6 Å². The van der Waals surface area contributed by atoms with Crippen LogP contribution in [0.25, 0.3) is 0 Å². The maximum Gasteiger partial charge on any atom is -0.00459 e.